The van der Waals surface area contributed by atoms with Crippen LogP contribution >= 0.6 is 0 Å². The largest absolute Gasteiger partial charge is 0.369 e. The Morgan fingerprint density at radius 2 is 2.11 bits per heavy atom. The number of benzene rings is 1. The average Bonchev–Trinajstić information content (AvgIpc) is 2.37. The fourth-order valence-electron chi connectivity index (χ4n) is 2.81. The zero-order chi connectivity index (χ0) is 13.9. The highest BCUT2D eigenvalue weighted by molar-refractivity contribution is 5.49. The fraction of sp³-hybridized carbons (Fsp3) is 0.647. The second kappa shape index (κ2) is 5.96. The van der Waals surface area contributed by atoms with E-state index in [1.54, 1.807) is 0 Å². The van der Waals surface area contributed by atoms with Crippen molar-refractivity contribution >= 4 is 5.69 Å². The molecule has 0 bridgehead atoms. The molecule has 1 heterocycles. The molecule has 0 aromatic heterocycles. The van der Waals surface area contributed by atoms with Crippen LogP contribution in [0.15, 0.2) is 24.3 Å². The molecular formula is C17H28N2. The first kappa shape index (κ1) is 14.4. The summed E-state index contributed by atoms with van der Waals surface area (Å²) in [4.78, 5) is 2.52. The maximum absolute atomic E-state index is 3.58. The number of hydrogen-bond acceptors (Lipinski definition) is 2. The van der Waals surface area contributed by atoms with Crippen LogP contribution in [-0.4, -0.2) is 25.7 Å². The van der Waals surface area contributed by atoms with Gasteiger partial charge in [0.1, 0.15) is 0 Å². The van der Waals surface area contributed by atoms with Crippen molar-refractivity contribution in [1.82, 2.24) is 5.32 Å². The lowest BCUT2D eigenvalue weighted by Crippen LogP contribution is -2.50. The fourth-order valence-corrected chi connectivity index (χ4v) is 2.81. The van der Waals surface area contributed by atoms with E-state index in [4.69, 9.17) is 0 Å². The molecule has 2 rings (SSSR count). The summed E-state index contributed by atoms with van der Waals surface area (Å²) in [5.74, 6) is 0. The van der Waals surface area contributed by atoms with Gasteiger partial charge in [-0.15, -0.1) is 0 Å². The van der Waals surface area contributed by atoms with Gasteiger partial charge in [0.25, 0.3) is 0 Å². The first-order valence-corrected chi connectivity index (χ1v) is 7.55. The van der Waals surface area contributed by atoms with Gasteiger partial charge in [0, 0.05) is 31.4 Å². The molecular weight excluding hydrogens is 232 g/mol. The van der Waals surface area contributed by atoms with Crippen LogP contribution in [0.5, 0.6) is 0 Å². The number of nitrogens with zero attached hydrogens (tertiary/aromatic N) is 1. The number of piperazine rings is 1. The zero-order valence-corrected chi connectivity index (χ0v) is 12.9. The summed E-state index contributed by atoms with van der Waals surface area (Å²) >= 11 is 0. The van der Waals surface area contributed by atoms with Crippen molar-refractivity contribution in [3.05, 3.63) is 29.8 Å². The minimum Gasteiger partial charge on any atom is -0.369 e. The second-order valence-corrected chi connectivity index (χ2v) is 6.91. The summed E-state index contributed by atoms with van der Waals surface area (Å²) in [5, 5.41) is 3.58. The van der Waals surface area contributed by atoms with Crippen molar-refractivity contribution in [3.8, 4) is 0 Å². The summed E-state index contributed by atoms with van der Waals surface area (Å²) in [7, 11) is 0. The van der Waals surface area contributed by atoms with Crippen LogP contribution in [0.4, 0.5) is 5.69 Å². The quantitative estimate of drug-likeness (QED) is 0.895. The van der Waals surface area contributed by atoms with E-state index in [1.807, 2.05) is 0 Å². The van der Waals surface area contributed by atoms with E-state index in [1.165, 1.54) is 17.7 Å². The molecule has 0 radical (unpaired) electrons. The van der Waals surface area contributed by atoms with Crippen LogP contribution in [-0.2, 0) is 6.42 Å². The Morgan fingerprint density at radius 1 is 1.32 bits per heavy atom. The van der Waals surface area contributed by atoms with Crippen LogP contribution in [0.25, 0.3) is 0 Å². The molecule has 1 atom stereocenters. The molecule has 1 unspecified atom stereocenters. The van der Waals surface area contributed by atoms with E-state index in [2.05, 4.69) is 62.2 Å². The highest BCUT2D eigenvalue weighted by atomic mass is 15.2. The minimum atomic E-state index is 0.355. The predicted octanol–water partition coefficient (Wildman–Crippen LogP) is 3.46. The Morgan fingerprint density at radius 3 is 2.79 bits per heavy atom. The van der Waals surface area contributed by atoms with Crippen molar-refractivity contribution in [3.63, 3.8) is 0 Å². The summed E-state index contributed by atoms with van der Waals surface area (Å²) in [6.07, 6.45) is 2.35. The van der Waals surface area contributed by atoms with E-state index >= 15 is 0 Å². The lowest BCUT2D eigenvalue weighted by Gasteiger charge is -2.35. The van der Waals surface area contributed by atoms with Gasteiger partial charge in [-0.1, -0.05) is 39.8 Å². The Labute approximate surface area is 118 Å². The molecule has 1 fully saturated rings. The summed E-state index contributed by atoms with van der Waals surface area (Å²) in [6.45, 7) is 12.5. The molecule has 0 amide bonds. The molecule has 1 aliphatic rings. The van der Waals surface area contributed by atoms with E-state index in [0.717, 1.165) is 26.1 Å². The number of rotatable bonds is 3. The Balaban J connectivity index is 2.09. The molecule has 0 saturated carbocycles. The molecule has 19 heavy (non-hydrogen) atoms. The predicted molar refractivity (Wildman–Crippen MR) is 83.9 cm³/mol. The SMILES string of the molecule is CCC1CN(c2cccc(CC(C)(C)C)c2)CCN1. The van der Waals surface area contributed by atoms with Crippen LogP contribution in [0, 0.1) is 5.41 Å². The van der Waals surface area contributed by atoms with Crippen molar-refractivity contribution < 1.29 is 0 Å². The van der Waals surface area contributed by atoms with Gasteiger partial charge in [-0.2, -0.15) is 0 Å². The van der Waals surface area contributed by atoms with Crippen molar-refractivity contribution in [2.45, 2.75) is 46.6 Å². The van der Waals surface area contributed by atoms with Gasteiger partial charge in [-0.05, 0) is 36.0 Å². The van der Waals surface area contributed by atoms with Crippen molar-refractivity contribution in [2.24, 2.45) is 5.41 Å². The Kier molecular flexibility index (Phi) is 4.51. The average molecular weight is 260 g/mol. The Hall–Kier alpha value is -1.02. The molecule has 1 aromatic rings. The van der Waals surface area contributed by atoms with Crippen LogP contribution in [0.1, 0.15) is 39.7 Å². The molecule has 1 N–H and O–H groups in total. The summed E-state index contributed by atoms with van der Waals surface area (Å²) < 4.78 is 0. The first-order valence-electron chi connectivity index (χ1n) is 7.55. The van der Waals surface area contributed by atoms with Gasteiger partial charge < -0.3 is 10.2 Å². The molecule has 1 aromatic carbocycles. The first-order chi connectivity index (χ1) is 8.98. The highest BCUT2D eigenvalue weighted by Crippen LogP contribution is 2.24. The van der Waals surface area contributed by atoms with E-state index in [-0.39, 0.29) is 0 Å². The molecule has 106 valence electrons. The van der Waals surface area contributed by atoms with E-state index < -0.39 is 0 Å². The van der Waals surface area contributed by atoms with Gasteiger partial charge in [-0.3, -0.25) is 0 Å². The smallest absolute Gasteiger partial charge is 0.0369 e. The molecule has 0 aliphatic carbocycles. The number of nitrogens with one attached hydrogen (secondary N) is 1. The van der Waals surface area contributed by atoms with Crippen molar-refractivity contribution in [2.75, 3.05) is 24.5 Å². The van der Waals surface area contributed by atoms with Gasteiger partial charge >= 0.3 is 0 Å². The van der Waals surface area contributed by atoms with Gasteiger partial charge in [0.2, 0.25) is 0 Å². The summed E-state index contributed by atoms with van der Waals surface area (Å²) in [6, 6.07) is 9.74. The highest BCUT2D eigenvalue weighted by Gasteiger charge is 2.18. The van der Waals surface area contributed by atoms with E-state index in [0.29, 0.717) is 11.5 Å². The summed E-state index contributed by atoms with van der Waals surface area (Å²) in [5.41, 5.74) is 3.20. The van der Waals surface area contributed by atoms with Crippen LogP contribution in [0.2, 0.25) is 0 Å². The molecule has 1 saturated heterocycles. The van der Waals surface area contributed by atoms with E-state index in [9.17, 15) is 0 Å². The molecule has 2 heteroatoms. The lowest BCUT2D eigenvalue weighted by atomic mass is 9.88. The number of hydrogen-bond donors (Lipinski definition) is 1. The normalized spacial score (nSPS) is 20.6. The second-order valence-electron chi connectivity index (χ2n) is 6.91. The maximum atomic E-state index is 3.58. The van der Waals surface area contributed by atoms with Gasteiger partial charge in [0.05, 0.1) is 0 Å². The molecule has 1 aliphatic heterocycles. The monoisotopic (exact) mass is 260 g/mol. The maximum Gasteiger partial charge on any atom is 0.0369 e. The third-order valence-corrected chi connectivity index (χ3v) is 3.76. The van der Waals surface area contributed by atoms with Gasteiger partial charge in [0.15, 0.2) is 0 Å². The van der Waals surface area contributed by atoms with Crippen LogP contribution in [0.3, 0.4) is 0 Å². The zero-order valence-electron chi connectivity index (χ0n) is 12.9. The standard InChI is InChI=1S/C17H28N2/c1-5-15-13-19(10-9-18-15)16-8-6-7-14(11-16)12-17(2,3)4/h6-8,11,15,18H,5,9-10,12-13H2,1-4H3. The third-order valence-electron chi connectivity index (χ3n) is 3.76. The number of anilines is 1. The molecule has 2 nitrogen and oxygen atoms in total. The molecule has 0 spiro atoms. The lowest BCUT2D eigenvalue weighted by molar-refractivity contribution is 0.411. The van der Waals surface area contributed by atoms with Crippen molar-refractivity contribution in [1.29, 1.82) is 0 Å². The Bertz CT molecular complexity index is 406. The third kappa shape index (κ3) is 4.24. The van der Waals surface area contributed by atoms with Gasteiger partial charge in [-0.25, -0.2) is 0 Å². The topological polar surface area (TPSA) is 15.3 Å². The minimum absolute atomic E-state index is 0.355. The van der Waals surface area contributed by atoms with Crippen LogP contribution < -0.4 is 10.2 Å².